The van der Waals surface area contributed by atoms with Gasteiger partial charge in [0.15, 0.2) is 0 Å². The Hall–Kier alpha value is -0.620. The molecule has 0 N–H and O–H groups in total. The third kappa shape index (κ3) is 5.35. The highest BCUT2D eigenvalue weighted by Crippen LogP contribution is 2.15. The molecule has 106 valence electrons. The fourth-order valence-electron chi connectivity index (χ4n) is 2.25. The minimum absolute atomic E-state index is 0.0632. The number of likely N-dealkylation sites (tertiary alicyclic amines) is 1. The Labute approximate surface area is 110 Å². The van der Waals surface area contributed by atoms with Gasteiger partial charge in [0.1, 0.15) is 9.84 Å². The van der Waals surface area contributed by atoms with Gasteiger partial charge in [-0.15, -0.1) is 0 Å². The van der Waals surface area contributed by atoms with E-state index >= 15 is 0 Å². The van der Waals surface area contributed by atoms with Crippen LogP contribution in [0, 0.1) is 0 Å². The molecule has 0 atom stereocenters. The Morgan fingerprint density at radius 1 is 1.33 bits per heavy atom. The van der Waals surface area contributed by atoms with Crippen LogP contribution in [0.1, 0.15) is 25.7 Å². The molecule has 0 radical (unpaired) electrons. The number of carbonyl (C=O) groups excluding carboxylic acids is 1. The van der Waals surface area contributed by atoms with Gasteiger partial charge in [-0.3, -0.25) is 4.79 Å². The monoisotopic (exact) mass is 276 g/mol. The van der Waals surface area contributed by atoms with Crippen molar-refractivity contribution in [2.24, 2.45) is 0 Å². The molecule has 0 spiro atoms. The fourth-order valence-corrected chi connectivity index (χ4v) is 2.92. The summed E-state index contributed by atoms with van der Waals surface area (Å²) in [7, 11) is 0.965. The summed E-state index contributed by atoms with van der Waals surface area (Å²) in [5.74, 6) is 0.160. The van der Waals surface area contributed by atoms with Crippen LogP contribution in [0.25, 0.3) is 0 Å². The molecule has 1 aliphatic rings. The second-order valence-electron chi connectivity index (χ2n) is 5.27. The molecular weight excluding hydrogens is 252 g/mol. The molecule has 0 saturated carbocycles. The van der Waals surface area contributed by atoms with E-state index in [0.717, 1.165) is 25.9 Å². The number of rotatable bonds is 5. The lowest BCUT2D eigenvalue weighted by atomic mass is 10.0. The zero-order valence-corrected chi connectivity index (χ0v) is 12.4. The summed E-state index contributed by atoms with van der Waals surface area (Å²) in [6, 6.07) is 0.312. The molecule has 0 aromatic rings. The van der Waals surface area contributed by atoms with E-state index in [1.165, 1.54) is 6.26 Å². The topological polar surface area (TPSA) is 57.7 Å². The highest BCUT2D eigenvalue weighted by molar-refractivity contribution is 7.90. The molecule has 1 saturated heterocycles. The van der Waals surface area contributed by atoms with Gasteiger partial charge in [0.25, 0.3) is 0 Å². The number of carbonyl (C=O) groups is 1. The first-order valence-corrected chi connectivity index (χ1v) is 8.47. The average molecular weight is 276 g/mol. The van der Waals surface area contributed by atoms with Crippen molar-refractivity contribution >= 4 is 15.7 Å². The Morgan fingerprint density at radius 3 is 2.39 bits per heavy atom. The molecule has 0 unspecified atom stereocenters. The van der Waals surface area contributed by atoms with Crippen molar-refractivity contribution in [1.82, 2.24) is 9.80 Å². The summed E-state index contributed by atoms with van der Waals surface area (Å²) in [5, 5.41) is 0. The molecule has 0 aromatic carbocycles. The first-order valence-electron chi connectivity index (χ1n) is 6.41. The van der Waals surface area contributed by atoms with Gasteiger partial charge in [-0.05, 0) is 39.4 Å². The first-order chi connectivity index (χ1) is 8.29. The predicted molar refractivity (Wildman–Crippen MR) is 72.2 cm³/mol. The van der Waals surface area contributed by atoms with Gasteiger partial charge in [0.2, 0.25) is 5.91 Å². The van der Waals surface area contributed by atoms with Crippen LogP contribution >= 0.6 is 0 Å². The molecule has 0 bridgehead atoms. The number of hydrogen-bond donors (Lipinski definition) is 0. The number of amides is 1. The molecule has 1 rings (SSSR count). The fraction of sp³-hybridized carbons (Fsp3) is 0.917. The Balaban J connectivity index is 2.33. The van der Waals surface area contributed by atoms with Crippen molar-refractivity contribution < 1.29 is 13.2 Å². The van der Waals surface area contributed by atoms with Crippen LogP contribution < -0.4 is 0 Å². The molecule has 0 aromatic heterocycles. The molecule has 18 heavy (non-hydrogen) atoms. The second-order valence-corrected chi connectivity index (χ2v) is 7.53. The van der Waals surface area contributed by atoms with Crippen molar-refractivity contribution in [2.45, 2.75) is 31.7 Å². The number of nitrogens with zero attached hydrogens (tertiary/aromatic N) is 2. The third-order valence-electron chi connectivity index (χ3n) is 3.53. The van der Waals surface area contributed by atoms with E-state index in [2.05, 4.69) is 11.9 Å². The van der Waals surface area contributed by atoms with Crippen molar-refractivity contribution in [3.05, 3.63) is 0 Å². The van der Waals surface area contributed by atoms with Gasteiger partial charge >= 0.3 is 0 Å². The van der Waals surface area contributed by atoms with Gasteiger partial charge in [-0.25, -0.2) is 8.42 Å². The minimum Gasteiger partial charge on any atom is -0.343 e. The quantitative estimate of drug-likeness (QED) is 0.728. The molecule has 0 aliphatic carbocycles. The van der Waals surface area contributed by atoms with Crippen LogP contribution in [0.4, 0.5) is 0 Å². The summed E-state index contributed by atoms with van der Waals surface area (Å²) in [6.45, 7) is 2.04. The van der Waals surface area contributed by atoms with Gasteiger partial charge in [0, 0.05) is 25.8 Å². The van der Waals surface area contributed by atoms with Crippen LogP contribution in [0.15, 0.2) is 0 Å². The maximum Gasteiger partial charge on any atom is 0.222 e. The van der Waals surface area contributed by atoms with Crippen molar-refractivity contribution in [3.8, 4) is 0 Å². The van der Waals surface area contributed by atoms with E-state index < -0.39 is 9.84 Å². The van der Waals surface area contributed by atoms with Crippen LogP contribution in [0.5, 0.6) is 0 Å². The molecule has 5 nitrogen and oxygen atoms in total. The van der Waals surface area contributed by atoms with Crippen LogP contribution in [0.2, 0.25) is 0 Å². The van der Waals surface area contributed by atoms with Gasteiger partial charge in [-0.1, -0.05) is 0 Å². The number of sulfone groups is 1. The standard InChI is InChI=1S/C12H24N2O3S/c1-13-8-6-11(7-9-13)14(2)12(15)5-4-10-18(3,16)17/h11H,4-10H2,1-3H3. The zero-order valence-electron chi connectivity index (χ0n) is 11.6. The van der Waals surface area contributed by atoms with Crippen molar-refractivity contribution in [3.63, 3.8) is 0 Å². The lowest BCUT2D eigenvalue weighted by Gasteiger charge is -2.35. The highest BCUT2D eigenvalue weighted by Gasteiger charge is 2.23. The largest absolute Gasteiger partial charge is 0.343 e. The van der Waals surface area contributed by atoms with E-state index in [1.54, 1.807) is 4.90 Å². The molecule has 1 heterocycles. The average Bonchev–Trinajstić information content (AvgIpc) is 2.27. The summed E-state index contributed by atoms with van der Waals surface area (Å²) in [4.78, 5) is 16.0. The number of piperidine rings is 1. The maximum absolute atomic E-state index is 11.9. The Kier molecular flexibility index (Phi) is 5.59. The summed E-state index contributed by atoms with van der Waals surface area (Å²) >= 11 is 0. The molecule has 6 heteroatoms. The van der Waals surface area contributed by atoms with Gasteiger partial charge in [0.05, 0.1) is 5.75 Å². The lowest BCUT2D eigenvalue weighted by molar-refractivity contribution is -0.132. The maximum atomic E-state index is 11.9. The second kappa shape index (κ2) is 6.52. The van der Waals surface area contributed by atoms with E-state index in [9.17, 15) is 13.2 Å². The van der Waals surface area contributed by atoms with E-state index in [-0.39, 0.29) is 11.7 Å². The summed E-state index contributed by atoms with van der Waals surface area (Å²) < 4.78 is 22.0. The summed E-state index contributed by atoms with van der Waals surface area (Å²) in [5.41, 5.74) is 0. The smallest absolute Gasteiger partial charge is 0.222 e. The highest BCUT2D eigenvalue weighted by atomic mass is 32.2. The predicted octanol–water partition coefficient (Wildman–Crippen LogP) is 0.364. The van der Waals surface area contributed by atoms with E-state index in [0.29, 0.717) is 18.9 Å². The normalized spacial score (nSPS) is 18.8. The minimum atomic E-state index is -2.96. The van der Waals surface area contributed by atoms with Crippen LogP contribution in [-0.4, -0.2) is 69.4 Å². The van der Waals surface area contributed by atoms with E-state index in [1.807, 2.05) is 7.05 Å². The Morgan fingerprint density at radius 2 is 1.89 bits per heavy atom. The van der Waals surface area contributed by atoms with E-state index in [4.69, 9.17) is 0 Å². The van der Waals surface area contributed by atoms with Crippen molar-refractivity contribution in [1.29, 1.82) is 0 Å². The molecule has 1 fully saturated rings. The van der Waals surface area contributed by atoms with Crippen LogP contribution in [0.3, 0.4) is 0 Å². The first kappa shape index (κ1) is 15.4. The SMILES string of the molecule is CN1CCC(N(C)C(=O)CCCS(C)(=O)=O)CC1. The van der Waals surface area contributed by atoms with Crippen LogP contribution in [-0.2, 0) is 14.6 Å². The van der Waals surface area contributed by atoms with Crippen molar-refractivity contribution in [2.75, 3.05) is 39.2 Å². The lowest BCUT2D eigenvalue weighted by Crippen LogP contribution is -2.44. The Bertz CT molecular complexity index is 373. The zero-order chi connectivity index (χ0) is 13.8. The molecule has 1 amide bonds. The summed E-state index contributed by atoms with van der Waals surface area (Å²) in [6.07, 6.45) is 3.97. The molecular formula is C12H24N2O3S. The number of hydrogen-bond acceptors (Lipinski definition) is 4. The molecule has 1 aliphatic heterocycles. The van der Waals surface area contributed by atoms with Gasteiger partial charge < -0.3 is 9.80 Å². The van der Waals surface area contributed by atoms with Gasteiger partial charge in [-0.2, -0.15) is 0 Å². The third-order valence-corrected chi connectivity index (χ3v) is 4.57.